The molecule has 0 aliphatic carbocycles. The van der Waals surface area contributed by atoms with Gasteiger partial charge in [0, 0.05) is 0 Å². The molecule has 1 aromatic carbocycles. The number of nitrogens with zero attached hydrogens (tertiary/aromatic N) is 1. The fourth-order valence-corrected chi connectivity index (χ4v) is 4.45. The summed E-state index contributed by atoms with van der Waals surface area (Å²) < 4.78 is 36.6. The Kier molecular flexibility index (Phi) is 5.67. The average Bonchev–Trinajstić information content (AvgIpc) is 3.24. The zero-order valence-corrected chi connectivity index (χ0v) is 18.2. The third kappa shape index (κ3) is 4.26. The number of hydrogen-bond donors (Lipinski definition) is 0. The van der Waals surface area contributed by atoms with E-state index < -0.39 is 35.6 Å². The summed E-state index contributed by atoms with van der Waals surface area (Å²) in [6.45, 7) is 10.2. The van der Waals surface area contributed by atoms with Crippen molar-refractivity contribution in [3.63, 3.8) is 0 Å². The Hall–Kier alpha value is -1.55. The molecule has 3 aliphatic heterocycles. The Bertz CT molecular complexity index is 781. The first kappa shape index (κ1) is 21.7. The Morgan fingerprint density at radius 3 is 2.47 bits per heavy atom. The lowest BCUT2D eigenvalue weighted by Gasteiger charge is -2.32. The van der Waals surface area contributed by atoms with Gasteiger partial charge in [-0.3, -0.25) is 0 Å². The van der Waals surface area contributed by atoms with Crippen molar-refractivity contribution in [2.45, 2.75) is 82.9 Å². The van der Waals surface area contributed by atoms with Crippen LogP contribution in [0.5, 0.6) is 0 Å². The van der Waals surface area contributed by atoms with E-state index in [1.165, 1.54) is 6.21 Å². The van der Waals surface area contributed by atoms with E-state index >= 15 is 0 Å². The quantitative estimate of drug-likeness (QED) is 0.230. The van der Waals surface area contributed by atoms with Crippen LogP contribution in [0.3, 0.4) is 0 Å². The normalized spacial score (nSPS) is 37.4. The highest BCUT2D eigenvalue weighted by molar-refractivity contribution is 5.52. The van der Waals surface area contributed by atoms with Crippen LogP contribution in [0, 0.1) is 5.21 Å². The summed E-state index contributed by atoms with van der Waals surface area (Å²) in [6, 6.07) is 9.80. The largest absolute Gasteiger partial charge is 0.622 e. The van der Waals surface area contributed by atoms with E-state index in [1.54, 1.807) is 0 Å². The summed E-state index contributed by atoms with van der Waals surface area (Å²) in [7, 11) is 0. The summed E-state index contributed by atoms with van der Waals surface area (Å²) in [4.78, 5) is 0. The van der Waals surface area contributed by atoms with E-state index in [2.05, 4.69) is 0 Å². The van der Waals surface area contributed by atoms with Crippen molar-refractivity contribution >= 4 is 6.21 Å². The molecule has 0 aromatic heterocycles. The lowest BCUT2D eigenvalue weighted by molar-refractivity contribution is -0.563. The predicted octanol–water partition coefficient (Wildman–Crippen LogP) is 2.57. The third-order valence-corrected chi connectivity index (χ3v) is 5.65. The standard InChI is InChI=1S/C22H31NO7/c1-20(2)26-14-16(28-20)17-22(5)18(29-21(3,4)30-22)19(27-17)23(24)11-12-25-13-15-9-7-6-8-10-15/h6-11,16-19H,12-14H2,1-5H3/b23-11-/t16-,17-,18-,19+,22+/m1/s1. The Balaban J connectivity index is 1.46. The lowest BCUT2D eigenvalue weighted by atomic mass is 9.91. The van der Waals surface area contributed by atoms with Gasteiger partial charge in [-0.25, -0.2) is 0 Å². The molecular formula is C22H31NO7. The maximum atomic E-state index is 12.9. The number of hydroxylamine groups is 1. The molecule has 0 saturated carbocycles. The molecule has 0 bridgehead atoms. The fraction of sp³-hybridized carbons (Fsp3) is 0.682. The van der Waals surface area contributed by atoms with Crippen molar-refractivity contribution in [3.8, 4) is 0 Å². The zero-order valence-electron chi connectivity index (χ0n) is 18.2. The highest BCUT2D eigenvalue weighted by atomic mass is 16.8. The van der Waals surface area contributed by atoms with Crippen LogP contribution >= 0.6 is 0 Å². The summed E-state index contributed by atoms with van der Waals surface area (Å²) in [5.41, 5.74) is 0.202. The third-order valence-electron chi connectivity index (χ3n) is 5.65. The van der Waals surface area contributed by atoms with Crippen molar-refractivity contribution in [1.29, 1.82) is 0 Å². The molecule has 0 N–H and O–H groups in total. The second kappa shape index (κ2) is 7.85. The summed E-state index contributed by atoms with van der Waals surface area (Å²) >= 11 is 0. The van der Waals surface area contributed by atoms with Crippen LogP contribution in [0.25, 0.3) is 0 Å². The van der Waals surface area contributed by atoms with Crippen molar-refractivity contribution in [2.75, 3.05) is 13.2 Å². The monoisotopic (exact) mass is 421 g/mol. The molecule has 3 saturated heterocycles. The van der Waals surface area contributed by atoms with E-state index in [0.29, 0.717) is 13.2 Å². The van der Waals surface area contributed by atoms with Crippen LogP contribution in [0.2, 0.25) is 0 Å². The SMILES string of the molecule is CC1(C)OC[C@H]([C@H]2O[C@H](/[N+]([O-])=C/COCc3ccccc3)[C@H]3OC(C)(C)O[C@@]23C)O1. The van der Waals surface area contributed by atoms with Crippen LogP contribution in [-0.4, -0.2) is 65.9 Å². The summed E-state index contributed by atoms with van der Waals surface area (Å²) in [5.74, 6) is -1.54. The molecule has 3 heterocycles. The number of hydrogen-bond acceptors (Lipinski definition) is 7. The molecule has 30 heavy (non-hydrogen) atoms. The average molecular weight is 421 g/mol. The van der Waals surface area contributed by atoms with E-state index in [4.69, 9.17) is 28.4 Å². The minimum Gasteiger partial charge on any atom is -0.622 e. The fourth-order valence-electron chi connectivity index (χ4n) is 4.45. The van der Waals surface area contributed by atoms with E-state index in [0.717, 1.165) is 10.3 Å². The number of benzene rings is 1. The first-order chi connectivity index (χ1) is 14.1. The molecule has 5 atom stereocenters. The van der Waals surface area contributed by atoms with Gasteiger partial charge in [0.2, 0.25) is 0 Å². The second-order valence-corrected chi connectivity index (χ2v) is 9.08. The van der Waals surface area contributed by atoms with E-state index in [1.807, 2.05) is 65.0 Å². The Labute approximate surface area is 177 Å². The zero-order chi connectivity index (χ0) is 21.6. The molecule has 8 nitrogen and oxygen atoms in total. The number of rotatable bonds is 6. The van der Waals surface area contributed by atoms with Crippen LogP contribution in [0.4, 0.5) is 0 Å². The molecule has 0 radical (unpaired) electrons. The van der Waals surface area contributed by atoms with Crippen molar-refractivity contribution in [1.82, 2.24) is 0 Å². The molecule has 166 valence electrons. The van der Waals surface area contributed by atoms with Gasteiger partial charge >= 0.3 is 0 Å². The molecule has 1 aromatic rings. The van der Waals surface area contributed by atoms with Crippen molar-refractivity contribution in [2.24, 2.45) is 0 Å². The van der Waals surface area contributed by atoms with Gasteiger partial charge in [0.25, 0.3) is 6.23 Å². The van der Waals surface area contributed by atoms with E-state index in [9.17, 15) is 5.21 Å². The topological polar surface area (TPSA) is 81.5 Å². The van der Waals surface area contributed by atoms with Gasteiger partial charge < -0.3 is 33.6 Å². The number of ether oxygens (including phenoxy) is 6. The van der Waals surface area contributed by atoms with Gasteiger partial charge in [0.05, 0.1) is 13.2 Å². The predicted molar refractivity (Wildman–Crippen MR) is 108 cm³/mol. The number of fused-ring (bicyclic) bond motifs is 1. The maximum Gasteiger partial charge on any atom is 0.297 e. The van der Waals surface area contributed by atoms with Crippen LogP contribution in [0.15, 0.2) is 30.3 Å². The molecule has 0 unspecified atom stereocenters. The van der Waals surface area contributed by atoms with Crippen molar-refractivity contribution < 1.29 is 33.2 Å². The van der Waals surface area contributed by atoms with Gasteiger partial charge in [-0.05, 0) is 40.2 Å². The van der Waals surface area contributed by atoms with Crippen molar-refractivity contribution in [3.05, 3.63) is 41.1 Å². The first-order valence-corrected chi connectivity index (χ1v) is 10.4. The first-order valence-electron chi connectivity index (χ1n) is 10.4. The molecule has 8 heteroatoms. The lowest BCUT2D eigenvalue weighted by Crippen LogP contribution is -2.50. The van der Waals surface area contributed by atoms with Crippen LogP contribution in [-0.2, 0) is 35.0 Å². The Morgan fingerprint density at radius 1 is 1.07 bits per heavy atom. The molecule has 0 spiro atoms. The van der Waals surface area contributed by atoms with Gasteiger partial charge in [0.15, 0.2) is 23.9 Å². The smallest absolute Gasteiger partial charge is 0.297 e. The van der Waals surface area contributed by atoms with Gasteiger partial charge in [-0.1, -0.05) is 30.3 Å². The molecule has 4 rings (SSSR count). The van der Waals surface area contributed by atoms with Gasteiger partial charge in [0.1, 0.15) is 24.4 Å². The molecular weight excluding hydrogens is 390 g/mol. The van der Waals surface area contributed by atoms with E-state index in [-0.39, 0.29) is 12.7 Å². The molecule has 3 fully saturated rings. The highest BCUT2D eigenvalue weighted by Crippen LogP contribution is 2.49. The summed E-state index contributed by atoms with van der Waals surface area (Å²) in [6.07, 6.45) is -0.882. The summed E-state index contributed by atoms with van der Waals surface area (Å²) in [5, 5.41) is 12.9. The van der Waals surface area contributed by atoms with Gasteiger partial charge in [-0.15, -0.1) is 0 Å². The molecule has 0 amide bonds. The maximum absolute atomic E-state index is 12.9. The minimum atomic E-state index is -0.866. The van der Waals surface area contributed by atoms with Crippen LogP contribution in [0.1, 0.15) is 40.2 Å². The Morgan fingerprint density at radius 2 is 1.80 bits per heavy atom. The molecule has 3 aliphatic rings. The highest BCUT2D eigenvalue weighted by Gasteiger charge is 2.69. The minimum absolute atomic E-state index is 0.159. The van der Waals surface area contributed by atoms with Crippen LogP contribution < -0.4 is 0 Å². The second-order valence-electron chi connectivity index (χ2n) is 9.08. The van der Waals surface area contributed by atoms with Gasteiger partial charge in [-0.2, -0.15) is 4.74 Å².